The van der Waals surface area contributed by atoms with Crippen LogP contribution >= 0.6 is 0 Å². The van der Waals surface area contributed by atoms with Crippen LogP contribution in [0.1, 0.15) is 75.6 Å². The zero-order valence-electron chi connectivity index (χ0n) is 30.3. The normalized spacial score (nSPS) is 19.7. The number of sulfonamides is 1. The van der Waals surface area contributed by atoms with Gasteiger partial charge in [0.2, 0.25) is 10.0 Å². The molecule has 13 nitrogen and oxygen atoms in total. The second-order valence-corrected chi connectivity index (χ2v) is 16.2. The average Bonchev–Trinajstić information content (AvgIpc) is 4.05. The van der Waals surface area contributed by atoms with Crippen molar-refractivity contribution in [3.63, 3.8) is 0 Å². The number of halogens is 1. The van der Waals surface area contributed by atoms with Gasteiger partial charge in [0.25, 0.3) is 11.8 Å². The fourth-order valence-electron chi connectivity index (χ4n) is 7.89. The van der Waals surface area contributed by atoms with Gasteiger partial charge in [-0.25, -0.2) is 17.6 Å². The van der Waals surface area contributed by atoms with Crippen molar-refractivity contribution in [3.05, 3.63) is 61.8 Å². The molecular formula is C37H46FN5O8S. The summed E-state index contributed by atoms with van der Waals surface area (Å²) < 4.78 is 63.4. The van der Waals surface area contributed by atoms with E-state index in [4.69, 9.17) is 19.6 Å². The first-order valence-electron chi connectivity index (χ1n) is 17.9. The Labute approximate surface area is 302 Å². The fourth-order valence-corrected chi connectivity index (χ4v) is 10.0. The van der Waals surface area contributed by atoms with Gasteiger partial charge >= 0.3 is 5.63 Å². The van der Waals surface area contributed by atoms with Gasteiger partial charge in [0.1, 0.15) is 5.58 Å². The zero-order valence-corrected chi connectivity index (χ0v) is 31.1. The number of piperazine rings is 1. The third-order valence-corrected chi connectivity index (χ3v) is 12.9. The number of likely N-dealkylation sites (N-methyl/N-ethyl adjacent to an activating group) is 1. The molecule has 4 aliphatic rings. The number of rotatable bonds is 11. The van der Waals surface area contributed by atoms with Crippen molar-refractivity contribution < 1.29 is 36.3 Å². The molecule has 1 unspecified atom stereocenters. The molecule has 7 rings (SSSR count). The first kappa shape index (κ1) is 36.3. The van der Waals surface area contributed by atoms with Crippen molar-refractivity contribution in [2.45, 2.75) is 82.4 Å². The van der Waals surface area contributed by atoms with Crippen molar-refractivity contribution >= 4 is 38.5 Å². The Hall–Kier alpha value is -4.05. The molecule has 15 heteroatoms. The Kier molecular flexibility index (Phi) is 9.59. The van der Waals surface area contributed by atoms with E-state index >= 15 is 4.39 Å². The number of carbonyl (C=O) groups is 2. The topological polar surface area (TPSA) is 156 Å². The largest absolute Gasteiger partial charge is 0.490 e. The Morgan fingerprint density at radius 3 is 2.38 bits per heavy atom. The van der Waals surface area contributed by atoms with Crippen LogP contribution in [-0.4, -0.2) is 106 Å². The highest BCUT2D eigenvalue weighted by Gasteiger charge is 2.49. The van der Waals surface area contributed by atoms with Crippen LogP contribution in [0, 0.1) is 19.7 Å². The summed E-state index contributed by atoms with van der Waals surface area (Å²) in [5, 5.41) is 0.800. The molecule has 2 aromatic carbocycles. The molecule has 2 aliphatic carbocycles. The molecule has 280 valence electrons. The molecule has 0 bridgehead atoms. The van der Waals surface area contributed by atoms with Crippen LogP contribution in [0.3, 0.4) is 0 Å². The second kappa shape index (κ2) is 13.7. The number of nitrogens with two attached hydrogens (primary N) is 1. The first-order chi connectivity index (χ1) is 24.8. The number of primary amides is 1. The first-order valence-corrected chi connectivity index (χ1v) is 19.4. The van der Waals surface area contributed by atoms with E-state index in [1.807, 2.05) is 13.8 Å². The van der Waals surface area contributed by atoms with E-state index in [0.29, 0.717) is 37.9 Å². The van der Waals surface area contributed by atoms with Crippen LogP contribution in [0.15, 0.2) is 26.2 Å². The molecule has 2 aliphatic heterocycles. The summed E-state index contributed by atoms with van der Waals surface area (Å²) >= 11 is 0. The minimum absolute atomic E-state index is 0.0680. The monoisotopic (exact) mass is 739 g/mol. The lowest BCUT2D eigenvalue weighted by Crippen LogP contribution is -2.53. The van der Waals surface area contributed by atoms with Gasteiger partial charge in [-0.15, -0.1) is 0 Å². The fraction of sp³-hybridized carbons (Fsp3) is 0.541. The summed E-state index contributed by atoms with van der Waals surface area (Å²) in [7, 11) is -0.668. The van der Waals surface area contributed by atoms with Crippen molar-refractivity contribution in [1.29, 1.82) is 0 Å². The zero-order chi connectivity index (χ0) is 37.2. The lowest BCUT2D eigenvalue weighted by molar-refractivity contribution is 0.0721. The van der Waals surface area contributed by atoms with Crippen molar-refractivity contribution in [2.24, 2.45) is 5.73 Å². The number of anilines is 1. The SMILES string of the molecule is CCOc1c(C(N)=O)cc(S(=O)(=O)N(C2CC2)C2CC2)c(C(=O)N2CCc3c(c(=O)oc4c(C)c(N5CCN(C)C(COC)C5)cc(C)c34)C2)c1F. The van der Waals surface area contributed by atoms with Crippen molar-refractivity contribution in [2.75, 3.05) is 58.5 Å². The van der Waals surface area contributed by atoms with Crippen LogP contribution in [0.4, 0.5) is 10.1 Å². The van der Waals surface area contributed by atoms with Gasteiger partial charge in [-0.05, 0) is 83.2 Å². The molecule has 2 saturated carbocycles. The lowest BCUT2D eigenvalue weighted by Gasteiger charge is -2.41. The summed E-state index contributed by atoms with van der Waals surface area (Å²) in [6.45, 7) is 8.26. The molecule has 2 N–H and O–H groups in total. The molecular weight excluding hydrogens is 693 g/mol. The smallest absolute Gasteiger partial charge is 0.341 e. The summed E-state index contributed by atoms with van der Waals surface area (Å²) in [6, 6.07) is 2.76. The predicted molar refractivity (Wildman–Crippen MR) is 192 cm³/mol. The number of methoxy groups -OCH3 is 1. The summed E-state index contributed by atoms with van der Waals surface area (Å²) in [5.41, 5.74) is 8.00. The quantitative estimate of drug-likeness (QED) is 0.290. The number of ether oxygens (including phenoxy) is 2. The van der Waals surface area contributed by atoms with Gasteiger partial charge in [0.15, 0.2) is 11.6 Å². The van der Waals surface area contributed by atoms with Crippen LogP contribution < -0.4 is 21.0 Å². The molecule has 0 radical (unpaired) electrons. The molecule has 3 aromatic rings. The molecule has 0 spiro atoms. The second-order valence-electron chi connectivity index (χ2n) is 14.4. The van der Waals surface area contributed by atoms with E-state index in [9.17, 15) is 22.8 Å². The van der Waals surface area contributed by atoms with E-state index in [0.717, 1.165) is 53.5 Å². The highest BCUT2D eigenvalue weighted by molar-refractivity contribution is 7.89. The van der Waals surface area contributed by atoms with E-state index in [1.165, 1.54) is 9.21 Å². The minimum atomic E-state index is -4.44. The third kappa shape index (κ3) is 6.24. The maximum Gasteiger partial charge on any atom is 0.341 e. The summed E-state index contributed by atoms with van der Waals surface area (Å²) in [6.07, 6.45) is 2.86. The van der Waals surface area contributed by atoms with Crippen molar-refractivity contribution in [1.82, 2.24) is 14.1 Å². The Morgan fingerprint density at radius 1 is 1.08 bits per heavy atom. The van der Waals surface area contributed by atoms with Gasteiger partial charge in [0.05, 0.1) is 47.4 Å². The molecule has 1 atom stereocenters. The van der Waals surface area contributed by atoms with Crippen LogP contribution in [-0.2, 0) is 27.7 Å². The molecule has 3 fully saturated rings. The van der Waals surface area contributed by atoms with Crippen LogP contribution in [0.2, 0.25) is 0 Å². The molecule has 3 heterocycles. The lowest BCUT2D eigenvalue weighted by atomic mass is 9.92. The van der Waals surface area contributed by atoms with E-state index in [-0.39, 0.29) is 49.8 Å². The van der Waals surface area contributed by atoms with E-state index < -0.39 is 55.1 Å². The Balaban J connectivity index is 1.28. The molecule has 52 heavy (non-hydrogen) atoms. The van der Waals surface area contributed by atoms with Gasteiger partial charge in [-0.2, -0.15) is 4.31 Å². The van der Waals surface area contributed by atoms with Gasteiger partial charge in [0, 0.05) is 62.0 Å². The number of aryl methyl sites for hydroxylation is 2. The maximum absolute atomic E-state index is 16.6. The average molecular weight is 740 g/mol. The Bertz CT molecular complexity index is 2120. The summed E-state index contributed by atoms with van der Waals surface area (Å²) in [5.74, 6) is -3.89. The van der Waals surface area contributed by atoms with Gasteiger partial charge in [-0.1, -0.05) is 0 Å². The number of hydrogen-bond donors (Lipinski definition) is 1. The van der Waals surface area contributed by atoms with Crippen molar-refractivity contribution in [3.8, 4) is 5.75 Å². The highest BCUT2D eigenvalue weighted by Crippen LogP contribution is 2.44. The van der Waals surface area contributed by atoms with E-state index in [1.54, 1.807) is 14.0 Å². The predicted octanol–water partition coefficient (Wildman–Crippen LogP) is 3.33. The van der Waals surface area contributed by atoms with Gasteiger partial charge < -0.3 is 29.4 Å². The maximum atomic E-state index is 16.6. The molecule has 1 saturated heterocycles. The summed E-state index contributed by atoms with van der Waals surface area (Å²) in [4.78, 5) is 45.8. The van der Waals surface area contributed by atoms with Gasteiger partial charge in [-0.3, -0.25) is 14.5 Å². The number of amides is 2. The number of fused-ring (bicyclic) bond motifs is 3. The molecule has 1 aromatic heterocycles. The van der Waals surface area contributed by atoms with Crippen LogP contribution in [0.25, 0.3) is 11.0 Å². The van der Waals surface area contributed by atoms with E-state index in [2.05, 4.69) is 22.9 Å². The standard InChI is InChI=1S/C37H46FN5O8S/c1-6-50-34-26(35(39)44)16-29(52(47,48)43(22-7-8-22)23-9-10-23)31(32(34)38)36(45)42-12-11-25-27(18-42)37(46)51-33-21(3)28(15-20(2)30(25)33)41-14-13-40(4)24(17-41)19-49-5/h15-16,22-24H,6-14,17-19H2,1-5H3,(H2,39,44). The Morgan fingerprint density at radius 2 is 1.77 bits per heavy atom. The molecule has 2 amide bonds. The van der Waals surface area contributed by atoms with Crippen LogP contribution in [0.5, 0.6) is 5.75 Å². The number of carbonyl (C=O) groups excluding carboxylic acids is 2. The number of hydrogen-bond acceptors (Lipinski definition) is 10. The number of benzene rings is 2. The number of nitrogens with zero attached hydrogens (tertiary/aromatic N) is 4. The third-order valence-electron chi connectivity index (χ3n) is 10.9. The minimum Gasteiger partial charge on any atom is -0.490 e. The highest BCUT2D eigenvalue weighted by atomic mass is 32.2.